The zero-order chi connectivity index (χ0) is 15.6. The lowest BCUT2D eigenvalue weighted by molar-refractivity contribution is 0.217. The Morgan fingerprint density at radius 3 is 2.86 bits per heavy atom. The summed E-state index contributed by atoms with van der Waals surface area (Å²) in [5, 5.41) is 7.14. The lowest BCUT2D eigenvalue weighted by atomic mass is 10.2. The first-order valence-corrected chi connectivity index (χ1v) is 8.75. The van der Waals surface area contributed by atoms with Crippen LogP contribution >= 0.6 is 0 Å². The van der Waals surface area contributed by atoms with Crippen LogP contribution in [0, 0.1) is 0 Å². The van der Waals surface area contributed by atoms with Crippen molar-refractivity contribution in [2.45, 2.75) is 18.8 Å². The highest BCUT2D eigenvalue weighted by molar-refractivity contribution is 7.92. The van der Waals surface area contributed by atoms with Crippen molar-refractivity contribution < 1.29 is 13.2 Å². The molecule has 7 nitrogen and oxygen atoms in total. The van der Waals surface area contributed by atoms with Crippen LogP contribution in [-0.2, 0) is 14.8 Å². The van der Waals surface area contributed by atoms with E-state index in [1.54, 1.807) is 18.2 Å². The van der Waals surface area contributed by atoms with E-state index < -0.39 is 10.0 Å². The standard InChI is InChI=1S/C14H18N4O3S/c1-21-8-9-22(19,20)18-12-5-3-2-4-11(12)14-15-13(16-17-14)10-6-7-10/h2-5,10,18H,6-9H2,1H3,(H,15,16,17). The number of hydrogen-bond donors (Lipinski definition) is 2. The molecule has 0 atom stereocenters. The summed E-state index contributed by atoms with van der Waals surface area (Å²) < 4.78 is 31.4. The zero-order valence-electron chi connectivity index (χ0n) is 12.2. The number of ether oxygens (including phenoxy) is 1. The van der Waals surface area contributed by atoms with Gasteiger partial charge in [0.25, 0.3) is 0 Å². The van der Waals surface area contributed by atoms with Crippen LogP contribution in [0.15, 0.2) is 24.3 Å². The monoisotopic (exact) mass is 322 g/mol. The van der Waals surface area contributed by atoms with E-state index in [9.17, 15) is 8.42 Å². The van der Waals surface area contributed by atoms with E-state index in [0.29, 0.717) is 23.0 Å². The Balaban J connectivity index is 1.85. The van der Waals surface area contributed by atoms with Gasteiger partial charge in [-0.25, -0.2) is 13.4 Å². The highest BCUT2D eigenvalue weighted by Gasteiger charge is 2.27. The first-order valence-electron chi connectivity index (χ1n) is 7.10. The van der Waals surface area contributed by atoms with Gasteiger partial charge in [-0.1, -0.05) is 12.1 Å². The van der Waals surface area contributed by atoms with Gasteiger partial charge in [0.15, 0.2) is 5.82 Å². The predicted molar refractivity (Wildman–Crippen MR) is 83.1 cm³/mol. The molecule has 0 saturated heterocycles. The van der Waals surface area contributed by atoms with Gasteiger partial charge in [-0.05, 0) is 25.0 Å². The van der Waals surface area contributed by atoms with E-state index in [1.807, 2.05) is 6.07 Å². The van der Waals surface area contributed by atoms with Crippen LogP contribution in [0.1, 0.15) is 24.6 Å². The fourth-order valence-electron chi connectivity index (χ4n) is 2.11. The molecule has 1 heterocycles. The molecule has 22 heavy (non-hydrogen) atoms. The molecule has 0 spiro atoms. The molecule has 1 aliphatic carbocycles. The average molecular weight is 322 g/mol. The summed E-state index contributed by atoms with van der Waals surface area (Å²) in [5.74, 6) is 1.74. The summed E-state index contributed by atoms with van der Waals surface area (Å²) in [6.45, 7) is 0.143. The van der Waals surface area contributed by atoms with Crippen molar-refractivity contribution in [3.8, 4) is 11.4 Å². The third-order valence-electron chi connectivity index (χ3n) is 3.46. The van der Waals surface area contributed by atoms with Crippen LogP contribution < -0.4 is 4.72 Å². The first-order chi connectivity index (χ1) is 10.6. The molecule has 8 heteroatoms. The maximum absolute atomic E-state index is 12.0. The molecule has 118 valence electrons. The summed E-state index contributed by atoms with van der Waals surface area (Å²) in [6.07, 6.45) is 2.25. The number of rotatable bonds is 7. The van der Waals surface area contributed by atoms with Crippen LogP contribution in [-0.4, -0.2) is 43.1 Å². The molecule has 1 aromatic carbocycles. The number of hydrogen-bond acceptors (Lipinski definition) is 5. The van der Waals surface area contributed by atoms with Gasteiger partial charge in [0.2, 0.25) is 10.0 Å². The van der Waals surface area contributed by atoms with Crippen molar-refractivity contribution in [2.75, 3.05) is 24.2 Å². The second kappa shape index (κ2) is 6.05. The predicted octanol–water partition coefficient (Wildman–Crippen LogP) is 1.74. The molecule has 1 aliphatic rings. The minimum atomic E-state index is -3.47. The molecule has 1 aromatic heterocycles. The zero-order valence-corrected chi connectivity index (χ0v) is 13.1. The Kier molecular flexibility index (Phi) is 4.12. The maximum Gasteiger partial charge on any atom is 0.235 e. The van der Waals surface area contributed by atoms with Crippen molar-refractivity contribution in [1.29, 1.82) is 0 Å². The van der Waals surface area contributed by atoms with Gasteiger partial charge in [-0.3, -0.25) is 9.82 Å². The lowest BCUT2D eigenvalue weighted by Gasteiger charge is -2.10. The maximum atomic E-state index is 12.0. The largest absolute Gasteiger partial charge is 0.384 e. The topological polar surface area (TPSA) is 97.0 Å². The fraction of sp³-hybridized carbons (Fsp3) is 0.429. The molecule has 0 unspecified atom stereocenters. The average Bonchev–Trinajstić information content (AvgIpc) is 3.23. The second-order valence-corrected chi connectivity index (χ2v) is 7.12. The highest BCUT2D eigenvalue weighted by atomic mass is 32.2. The molecule has 2 N–H and O–H groups in total. The number of anilines is 1. The smallest absolute Gasteiger partial charge is 0.235 e. The first kappa shape index (κ1) is 15.0. The minimum Gasteiger partial charge on any atom is -0.384 e. The Hall–Kier alpha value is -1.93. The van der Waals surface area contributed by atoms with Crippen molar-refractivity contribution in [2.24, 2.45) is 0 Å². The molecule has 1 fully saturated rings. The van der Waals surface area contributed by atoms with Gasteiger partial charge < -0.3 is 4.74 Å². The van der Waals surface area contributed by atoms with Crippen LogP contribution in [0.2, 0.25) is 0 Å². The van der Waals surface area contributed by atoms with Crippen molar-refractivity contribution >= 4 is 15.7 Å². The molecule has 1 saturated carbocycles. The van der Waals surface area contributed by atoms with E-state index in [0.717, 1.165) is 18.7 Å². The van der Waals surface area contributed by atoms with E-state index in [1.165, 1.54) is 7.11 Å². The molecule has 0 radical (unpaired) electrons. The SMILES string of the molecule is COCCS(=O)(=O)Nc1ccccc1-c1n[nH]c(C2CC2)n1. The van der Waals surface area contributed by atoms with Gasteiger partial charge in [0.05, 0.1) is 18.0 Å². The van der Waals surface area contributed by atoms with Gasteiger partial charge in [-0.2, -0.15) is 5.10 Å². The summed E-state index contributed by atoms with van der Waals surface area (Å²) in [4.78, 5) is 4.47. The number of aromatic amines is 1. The summed E-state index contributed by atoms with van der Waals surface area (Å²) in [7, 11) is -2.00. The number of H-pyrrole nitrogens is 1. The fourth-order valence-corrected chi connectivity index (χ4v) is 3.11. The number of nitrogens with zero attached hydrogens (tertiary/aromatic N) is 2. The number of para-hydroxylation sites is 1. The van der Waals surface area contributed by atoms with Crippen molar-refractivity contribution in [1.82, 2.24) is 15.2 Å². The summed E-state index contributed by atoms with van der Waals surface area (Å²) in [6, 6.07) is 7.10. The minimum absolute atomic E-state index is 0.0981. The van der Waals surface area contributed by atoms with Crippen LogP contribution in [0.5, 0.6) is 0 Å². The highest BCUT2D eigenvalue weighted by Crippen LogP contribution is 2.38. The number of aromatic nitrogens is 3. The Morgan fingerprint density at radius 2 is 2.14 bits per heavy atom. The second-order valence-electron chi connectivity index (χ2n) is 5.28. The van der Waals surface area contributed by atoms with E-state index in [2.05, 4.69) is 19.9 Å². The molecule has 0 aliphatic heterocycles. The normalized spacial score (nSPS) is 15.0. The van der Waals surface area contributed by atoms with E-state index in [-0.39, 0.29) is 12.4 Å². The molecule has 0 amide bonds. The molecular formula is C14H18N4O3S. The molecule has 0 bridgehead atoms. The quantitative estimate of drug-likeness (QED) is 0.809. The Bertz CT molecular complexity index is 753. The molecular weight excluding hydrogens is 304 g/mol. The number of sulfonamides is 1. The van der Waals surface area contributed by atoms with E-state index in [4.69, 9.17) is 4.74 Å². The van der Waals surface area contributed by atoms with Gasteiger partial charge in [0.1, 0.15) is 5.82 Å². The third kappa shape index (κ3) is 3.45. The third-order valence-corrected chi connectivity index (χ3v) is 4.69. The van der Waals surface area contributed by atoms with Crippen LogP contribution in [0.25, 0.3) is 11.4 Å². The summed E-state index contributed by atoms with van der Waals surface area (Å²) >= 11 is 0. The number of benzene rings is 1. The van der Waals surface area contributed by atoms with E-state index >= 15 is 0 Å². The Labute approximate surface area is 129 Å². The molecule has 3 rings (SSSR count). The lowest BCUT2D eigenvalue weighted by Crippen LogP contribution is -2.20. The number of nitrogens with one attached hydrogen (secondary N) is 2. The van der Waals surface area contributed by atoms with Crippen molar-refractivity contribution in [3.63, 3.8) is 0 Å². The van der Waals surface area contributed by atoms with Crippen molar-refractivity contribution in [3.05, 3.63) is 30.1 Å². The number of methoxy groups -OCH3 is 1. The van der Waals surface area contributed by atoms with Gasteiger partial charge >= 0.3 is 0 Å². The van der Waals surface area contributed by atoms with Gasteiger partial charge in [0, 0.05) is 18.6 Å². The van der Waals surface area contributed by atoms with Crippen LogP contribution in [0.3, 0.4) is 0 Å². The van der Waals surface area contributed by atoms with Gasteiger partial charge in [-0.15, -0.1) is 0 Å². The Morgan fingerprint density at radius 1 is 1.36 bits per heavy atom. The molecule has 2 aromatic rings. The van der Waals surface area contributed by atoms with Crippen LogP contribution in [0.4, 0.5) is 5.69 Å². The summed E-state index contributed by atoms with van der Waals surface area (Å²) in [5.41, 5.74) is 1.13.